The monoisotopic (exact) mass is 468 g/mol. The molecule has 3 aromatic rings. The molecule has 5 rings (SSSR count). The summed E-state index contributed by atoms with van der Waals surface area (Å²) < 4.78 is 30.8. The van der Waals surface area contributed by atoms with Crippen LogP contribution in [0.15, 0.2) is 56.9 Å². The van der Waals surface area contributed by atoms with Gasteiger partial charge in [-0.05, 0) is 49.1 Å². The fraction of sp³-hybridized carbons (Fsp3) is 0.348. The summed E-state index contributed by atoms with van der Waals surface area (Å²) in [7, 11) is -1.09. The molecular weight excluding hydrogens is 444 g/mol. The Bertz CT molecular complexity index is 1520. The topological polar surface area (TPSA) is 102 Å². The number of carbonyl (C=O) groups is 1. The molecule has 9 nitrogen and oxygen atoms in total. The molecule has 0 bridgehead atoms. The van der Waals surface area contributed by atoms with Gasteiger partial charge in [0.2, 0.25) is 15.9 Å². The molecule has 1 atom stereocenters. The first-order chi connectivity index (χ1) is 15.7. The van der Waals surface area contributed by atoms with E-state index < -0.39 is 27.2 Å². The Kier molecular flexibility index (Phi) is 5.02. The lowest BCUT2D eigenvalue weighted by Crippen LogP contribution is -2.47. The summed E-state index contributed by atoms with van der Waals surface area (Å²) in [5.74, 6) is -0.211. The largest absolute Gasteiger partial charge is 0.316 e. The Morgan fingerprint density at radius 1 is 0.939 bits per heavy atom. The van der Waals surface area contributed by atoms with E-state index in [0.29, 0.717) is 30.4 Å². The van der Waals surface area contributed by atoms with E-state index in [1.54, 1.807) is 4.90 Å². The van der Waals surface area contributed by atoms with E-state index in [2.05, 4.69) is 0 Å². The molecule has 1 amide bonds. The zero-order valence-corrected chi connectivity index (χ0v) is 19.2. The van der Waals surface area contributed by atoms with Crippen LogP contribution in [0.4, 0.5) is 5.69 Å². The van der Waals surface area contributed by atoms with E-state index in [0.717, 1.165) is 22.2 Å². The van der Waals surface area contributed by atoms with Gasteiger partial charge in [-0.15, -0.1) is 0 Å². The van der Waals surface area contributed by atoms with Crippen molar-refractivity contribution in [2.24, 2.45) is 14.1 Å². The molecular formula is C23H24N4O5S. The van der Waals surface area contributed by atoms with Crippen molar-refractivity contribution in [2.45, 2.75) is 30.2 Å². The minimum absolute atomic E-state index is 0.00910. The van der Waals surface area contributed by atoms with Gasteiger partial charge >= 0.3 is 11.1 Å². The second-order valence-electron chi connectivity index (χ2n) is 8.52. The molecule has 1 saturated heterocycles. The van der Waals surface area contributed by atoms with Crippen molar-refractivity contribution in [3.63, 3.8) is 0 Å². The number of hydrogen-bond acceptors (Lipinski definition) is 5. The van der Waals surface area contributed by atoms with Gasteiger partial charge in [-0.2, -0.15) is 4.31 Å². The number of nitrogens with zero attached hydrogens (tertiary/aromatic N) is 4. The number of para-hydroxylation sites is 1. The van der Waals surface area contributed by atoms with Crippen molar-refractivity contribution < 1.29 is 13.2 Å². The maximum absolute atomic E-state index is 13.6. The van der Waals surface area contributed by atoms with Gasteiger partial charge in [0.1, 0.15) is 6.04 Å². The van der Waals surface area contributed by atoms with Crippen molar-refractivity contribution in [3.05, 3.63) is 68.7 Å². The van der Waals surface area contributed by atoms with Crippen LogP contribution >= 0.6 is 0 Å². The van der Waals surface area contributed by atoms with Crippen molar-refractivity contribution in [1.29, 1.82) is 0 Å². The lowest BCUT2D eigenvalue weighted by atomic mass is 10.1. The Hall–Kier alpha value is -3.24. The number of aryl methyl sites for hydroxylation is 2. The quantitative estimate of drug-likeness (QED) is 0.534. The van der Waals surface area contributed by atoms with Crippen LogP contribution in [0.25, 0.3) is 11.0 Å². The van der Waals surface area contributed by atoms with Crippen LogP contribution in [0.1, 0.15) is 18.4 Å². The van der Waals surface area contributed by atoms with Crippen molar-refractivity contribution >= 4 is 32.7 Å². The zero-order chi connectivity index (χ0) is 23.5. The van der Waals surface area contributed by atoms with Gasteiger partial charge in [-0.25, -0.2) is 8.42 Å². The smallest absolute Gasteiger partial charge is 0.310 e. The summed E-state index contributed by atoms with van der Waals surface area (Å²) in [6, 6.07) is 11.2. The van der Waals surface area contributed by atoms with E-state index in [4.69, 9.17) is 0 Å². The number of fused-ring (bicyclic) bond motifs is 2. The molecule has 2 aliphatic heterocycles. The fourth-order valence-corrected chi connectivity index (χ4v) is 6.55. The third-order valence-electron chi connectivity index (χ3n) is 6.71. The van der Waals surface area contributed by atoms with E-state index in [9.17, 15) is 22.8 Å². The van der Waals surface area contributed by atoms with Crippen molar-refractivity contribution in [2.75, 3.05) is 18.0 Å². The number of amides is 1. The van der Waals surface area contributed by atoms with Crippen LogP contribution in [0, 0.1) is 0 Å². The van der Waals surface area contributed by atoms with Crippen LogP contribution in [-0.4, -0.2) is 46.9 Å². The third-order valence-corrected chi connectivity index (χ3v) is 8.61. The summed E-state index contributed by atoms with van der Waals surface area (Å²) in [4.78, 5) is 39.4. The zero-order valence-electron chi connectivity index (χ0n) is 18.4. The first kappa shape index (κ1) is 21.6. The average Bonchev–Trinajstić information content (AvgIpc) is 3.48. The molecule has 1 aromatic heterocycles. The molecule has 1 unspecified atom stereocenters. The molecule has 1 fully saturated rings. The number of rotatable bonds is 3. The highest BCUT2D eigenvalue weighted by atomic mass is 32.2. The van der Waals surface area contributed by atoms with E-state index in [1.165, 1.54) is 41.2 Å². The predicted octanol–water partition coefficient (Wildman–Crippen LogP) is 0.980. The fourth-order valence-electron chi connectivity index (χ4n) is 4.88. The highest BCUT2D eigenvalue weighted by molar-refractivity contribution is 7.89. The lowest BCUT2D eigenvalue weighted by molar-refractivity contribution is -0.121. The Labute approximate surface area is 190 Å². The van der Waals surface area contributed by atoms with Crippen molar-refractivity contribution in [1.82, 2.24) is 13.4 Å². The molecule has 172 valence electrons. The average molecular weight is 469 g/mol. The highest BCUT2D eigenvalue weighted by Crippen LogP contribution is 2.33. The number of aromatic nitrogens is 2. The molecule has 10 heteroatoms. The molecule has 0 N–H and O–H groups in total. The highest BCUT2D eigenvalue weighted by Gasteiger charge is 2.42. The van der Waals surface area contributed by atoms with Gasteiger partial charge in [0.25, 0.3) is 0 Å². The molecule has 0 spiro atoms. The molecule has 0 saturated carbocycles. The minimum Gasteiger partial charge on any atom is -0.310 e. The predicted molar refractivity (Wildman–Crippen MR) is 124 cm³/mol. The Morgan fingerprint density at radius 2 is 1.64 bits per heavy atom. The van der Waals surface area contributed by atoms with E-state index in [1.807, 2.05) is 24.3 Å². The SMILES string of the molecule is Cn1c(=O)c(=O)n(C)c2cc(S(=O)(=O)N3CCCC3C(=O)N3CCc4ccccc43)ccc21. The maximum Gasteiger partial charge on any atom is 0.316 e. The number of carbonyl (C=O) groups excluding carboxylic acids is 1. The summed E-state index contributed by atoms with van der Waals surface area (Å²) in [5.41, 5.74) is 1.29. The van der Waals surface area contributed by atoms with Crippen LogP contribution in [-0.2, 0) is 35.3 Å². The van der Waals surface area contributed by atoms with Crippen LogP contribution in [0.3, 0.4) is 0 Å². The molecule has 2 aromatic carbocycles. The molecule has 0 aliphatic carbocycles. The van der Waals surface area contributed by atoms with Gasteiger partial charge in [0.05, 0.1) is 15.9 Å². The first-order valence-electron chi connectivity index (χ1n) is 10.8. The first-order valence-corrected chi connectivity index (χ1v) is 12.3. The second-order valence-corrected chi connectivity index (χ2v) is 10.4. The third kappa shape index (κ3) is 3.24. The second kappa shape index (κ2) is 7.67. The summed E-state index contributed by atoms with van der Waals surface area (Å²) in [6.45, 7) is 0.785. The summed E-state index contributed by atoms with van der Waals surface area (Å²) >= 11 is 0. The van der Waals surface area contributed by atoms with Gasteiger partial charge in [-0.1, -0.05) is 18.2 Å². The van der Waals surface area contributed by atoms with Gasteiger partial charge in [0.15, 0.2) is 0 Å². The van der Waals surface area contributed by atoms with Gasteiger partial charge in [0, 0.05) is 32.9 Å². The van der Waals surface area contributed by atoms with Gasteiger partial charge < -0.3 is 14.0 Å². The molecule has 3 heterocycles. The van der Waals surface area contributed by atoms with E-state index >= 15 is 0 Å². The van der Waals surface area contributed by atoms with Crippen LogP contribution in [0.5, 0.6) is 0 Å². The van der Waals surface area contributed by atoms with Crippen molar-refractivity contribution in [3.8, 4) is 0 Å². The number of anilines is 1. The summed E-state index contributed by atoms with van der Waals surface area (Å²) in [5, 5.41) is 0. The Balaban J connectivity index is 1.53. The molecule has 2 aliphatic rings. The van der Waals surface area contributed by atoms with Gasteiger partial charge in [-0.3, -0.25) is 14.4 Å². The van der Waals surface area contributed by atoms with Crippen LogP contribution < -0.4 is 16.0 Å². The normalized spacial score (nSPS) is 18.7. The summed E-state index contributed by atoms with van der Waals surface area (Å²) in [6.07, 6.45) is 1.79. The van der Waals surface area contributed by atoms with E-state index in [-0.39, 0.29) is 17.3 Å². The lowest BCUT2D eigenvalue weighted by Gasteiger charge is -2.28. The molecule has 0 radical (unpaired) electrons. The maximum atomic E-state index is 13.6. The molecule has 33 heavy (non-hydrogen) atoms. The number of sulfonamides is 1. The number of hydrogen-bond donors (Lipinski definition) is 0. The standard InChI is InChI=1S/C23H24N4O5S/c1-24-18-10-9-16(14-20(18)25(2)23(30)22(24)29)33(31,32)27-12-5-8-19(27)21(28)26-13-11-15-6-3-4-7-17(15)26/h3-4,6-7,9-10,14,19H,5,8,11-13H2,1-2H3. The van der Waals surface area contributed by atoms with Crippen LogP contribution in [0.2, 0.25) is 0 Å². The Morgan fingerprint density at radius 3 is 2.39 bits per heavy atom. The minimum atomic E-state index is -4.00. The number of benzene rings is 2.